The zero-order valence-corrected chi connectivity index (χ0v) is 13.2. The molecular formula is C16H16ClN3O3. The Hall–Kier alpha value is -2.73. The summed E-state index contributed by atoms with van der Waals surface area (Å²) in [6.07, 6.45) is 0. The third kappa shape index (κ3) is 5.19. The van der Waals surface area contributed by atoms with Gasteiger partial charge in [0.1, 0.15) is 5.75 Å². The van der Waals surface area contributed by atoms with Crippen LogP contribution in [0.5, 0.6) is 5.75 Å². The van der Waals surface area contributed by atoms with Crippen molar-refractivity contribution in [2.75, 3.05) is 24.3 Å². The second-order valence-corrected chi connectivity index (χ2v) is 4.98. The molecule has 0 heterocycles. The molecule has 120 valence electrons. The van der Waals surface area contributed by atoms with Crippen LogP contribution in [0, 0.1) is 0 Å². The van der Waals surface area contributed by atoms with Gasteiger partial charge in [-0.15, -0.1) is 0 Å². The number of methoxy groups -OCH3 is 1. The van der Waals surface area contributed by atoms with Crippen molar-refractivity contribution in [2.24, 2.45) is 0 Å². The lowest BCUT2D eigenvalue weighted by molar-refractivity contribution is -0.115. The van der Waals surface area contributed by atoms with E-state index in [-0.39, 0.29) is 12.5 Å². The fourth-order valence-corrected chi connectivity index (χ4v) is 2.06. The van der Waals surface area contributed by atoms with Gasteiger partial charge in [0.15, 0.2) is 0 Å². The second-order valence-electron chi connectivity index (χ2n) is 4.57. The highest BCUT2D eigenvalue weighted by Crippen LogP contribution is 2.27. The first-order chi connectivity index (χ1) is 11.1. The van der Waals surface area contributed by atoms with Gasteiger partial charge in [-0.05, 0) is 30.3 Å². The maximum atomic E-state index is 11.8. The normalized spacial score (nSPS) is 9.83. The highest BCUT2D eigenvalue weighted by molar-refractivity contribution is 6.32. The van der Waals surface area contributed by atoms with Crippen molar-refractivity contribution in [2.45, 2.75) is 0 Å². The Morgan fingerprint density at radius 3 is 2.43 bits per heavy atom. The summed E-state index contributed by atoms with van der Waals surface area (Å²) in [7, 11) is 1.51. The highest BCUT2D eigenvalue weighted by atomic mass is 35.5. The Morgan fingerprint density at radius 1 is 1.04 bits per heavy atom. The number of rotatable bonds is 5. The van der Waals surface area contributed by atoms with Crippen LogP contribution in [-0.4, -0.2) is 25.6 Å². The molecule has 0 bridgehead atoms. The molecule has 0 saturated carbocycles. The predicted octanol–water partition coefficient (Wildman–Crippen LogP) is 3.11. The maximum absolute atomic E-state index is 11.8. The SMILES string of the molecule is COc1ccc(NC(=O)CNC(=O)Nc2ccccc2)cc1Cl. The summed E-state index contributed by atoms with van der Waals surface area (Å²) < 4.78 is 5.03. The van der Waals surface area contributed by atoms with E-state index in [1.54, 1.807) is 42.5 Å². The number of carbonyl (C=O) groups excluding carboxylic acids is 2. The molecule has 0 spiro atoms. The summed E-state index contributed by atoms with van der Waals surface area (Å²) in [5.74, 6) is 0.152. The van der Waals surface area contributed by atoms with Gasteiger partial charge in [-0.25, -0.2) is 4.79 Å². The van der Waals surface area contributed by atoms with Crippen molar-refractivity contribution >= 4 is 34.9 Å². The Morgan fingerprint density at radius 2 is 1.78 bits per heavy atom. The molecule has 23 heavy (non-hydrogen) atoms. The van der Waals surface area contributed by atoms with Gasteiger partial charge in [0.25, 0.3) is 0 Å². The van der Waals surface area contributed by atoms with Crippen LogP contribution >= 0.6 is 11.6 Å². The van der Waals surface area contributed by atoms with E-state index in [0.29, 0.717) is 22.1 Å². The standard InChI is InChI=1S/C16H16ClN3O3/c1-23-14-8-7-12(9-13(14)17)19-15(21)10-18-16(22)20-11-5-3-2-4-6-11/h2-9H,10H2,1H3,(H,19,21)(H2,18,20,22). The largest absolute Gasteiger partial charge is 0.495 e. The van der Waals surface area contributed by atoms with Crippen molar-refractivity contribution in [3.63, 3.8) is 0 Å². The van der Waals surface area contributed by atoms with Crippen molar-refractivity contribution < 1.29 is 14.3 Å². The number of ether oxygens (including phenoxy) is 1. The van der Waals surface area contributed by atoms with Crippen LogP contribution in [0.3, 0.4) is 0 Å². The number of halogens is 1. The van der Waals surface area contributed by atoms with E-state index in [4.69, 9.17) is 16.3 Å². The predicted molar refractivity (Wildman–Crippen MR) is 90.1 cm³/mol. The van der Waals surface area contributed by atoms with E-state index in [0.717, 1.165) is 0 Å². The highest BCUT2D eigenvalue weighted by Gasteiger charge is 2.08. The van der Waals surface area contributed by atoms with Gasteiger partial charge in [-0.1, -0.05) is 29.8 Å². The minimum Gasteiger partial charge on any atom is -0.495 e. The fourth-order valence-electron chi connectivity index (χ4n) is 1.81. The average molecular weight is 334 g/mol. The number of nitrogens with one attached hydrogen (secondary N) is 3. The van der Waals surface area contributed by atoms with Crippen LogP contribution < -0.4 is 20.7 Å². The van der Waals surface area contributed by atoms with Crippen molar-refractivity contribution in [1.82, 2.24) is 5.32 Å². The lowest BCUT2D eigenvalue weighted by Gasteiger charge is -2.09. The number of hydrogen-bond acceptors (Lipinski definition) is 3. The summed E-state index contributed by atoms with van der Waals surface area (Å²) in [4.78, 5) is 23.5. The van der Waals surface area contributed by atoms with Gasteiger partial charge in [-0.3, -0.25) is 4.79 Å². The van der Waals surface area contributed by atoms with E-state index in [2.05, 4.69) is 16.0 Å². The van der Waals surface area contributed by atoms with Crippen molar-refractivity contribution in [1.29, 1.82) is 0 Å². The molecule has 3 N–H and O–H groups in total. The zero-order chi connectivity index (χ0) is 16.7. The Kier molecular flexibility index (Phi) is 5.82. The summed E-state index contributed by atoms with van der Waals surface area (Å²) in [6, 6.07) is 13.4. The van der Waals surface area contributed by atoms with Crippen LogP contribution in [0.15, 0.2) is 48.5 Å². The number of benzene rings is 2. The molecular weight excluding hydrogens is 318 g/mol. The molecule has 7 heteroatoms. The van der Waals surface area contributed by atoms with Gasteiger partial charge < -0.3 is 20.7 Å². The minimum atomic E-state index is -0.459. The average Bonchev–Trinajstić information content (AvgIpc) is 2.54. The van der Waals surface area contributed by atoms with Gasteiger partial charge in [0.05, 0.1) is 18.7 Å². The fraction of sp³-hybridized carbons (Fsp3) is 0.125. The topological polar surface area (TPSA) is 79.5 Å². The Bertz CT molecular complexity index is 692. The molecule has 0 fully saturated rings. The van der Waals surface area contributed by atoms with Crippen LogP contribution in [-0.2, 0) is 4.79 Å². The molecule has 0 aliphatic carbocycles. The van der Waals surface area contributed by atoms with Gasteiger partial charge >= 0.3 is 6.03 Å². The van der Waals surface area contributed by atoms with E-state index >= 15 is 0 Å². The molecule has 6 nitrogen and oxygen atoms in total. The lowest BCUT2D eigenvalue weighted by Crippen LogP contribution is -2.35. The van der Waals surface area contributed by atoms with Crippen LogP contribution in [0.1, 0.15) is 0 Å². The first-order valence-electron chi connectivity index (χ1n) is 6.82. The Balaban J connectivity index is 1.81. The number of anilines is 2. The van der Waals surface area contributed by atoms with Gasteiger partial charge in [0.2, 0.25) is 5.91 Å². The number of urea groups is 1. The third-order valence-electron chi connectivity index (χ3n) is 2.88. The minimum absolute atomic E-state index is 0.164. The molecule has 2 rings (SSSR count). The van der Waals surface area contributed by atoms with Crippen LogP contribution in [0.25, 0.3) is 0 Å². The van der Waals surface area contributed by atoms with Gasteiger partial charge in [0, 0.05) is 11.4 Å². The summed E-state index contributed by atoms with van der Waals surface area (Å²) in [6.45, 7) is -0.164. The molecule has 0 aliphatic rings. The van der Waals surface area contributed by atoms with Crippen LogP contribution in [0.4, 0.5) is 16.2 Å². The Labute approximate surface area is 138 Å². The summed E-state index contributed by atoms with van der Waals surface area (Å²) in [5.41, 5.74) is 1.17. The number of amides is 3. The molecule has 0 unspecified atom stereocenters. The van der Waals surface area contributed by atoms with E-state index in [1.165, 1.54) is 7.11 Å². The number of carbonyl (C=O) groups is 2. The summed E-state index contributed by atoms with van der Waals surface area (Å²) in [5, 5.41) is 8.11. The summed E-state index contributed by atoms with van der Waals surface area (Å²) >= 11 is 5.97. The smallest absolute Gasteiger partial charge is 0.319 e. The monoisotopic (exact) mass is 333 g/mol. The van der Waals surface area contributed by atoms with E-state index < -0.39 is 6.03 Å². The molecule has 2 aromatic rings. The molecule has 0 radical (unpaired) electrons. The molecule has 3 amide bonds. The van der Waals surface area contributed by atoms with Gasteiger partial charge in [-0.2, -0.15) is 0 Å². The lowest BCUT2D eigenvalue weighted by atomic mass is 10.3. The maximum Gasteiger partial charge on any atom is 0.319 e. The van der Waals surface area contributed by atoms with E-state index in [9.17, 15) is 9.59 Å². The first kappa shape index (κ1) is 16.6. The number of hydrogen-bond donors (Lipinski definition) is 3. The molecule has 2 aromatic carbocycles. The van der Waals surface area contributed by atoms with Crippen LogP contribution in [0.2, 0.25) is 5.02 Å². The second kappa shape index (κ2) is 8.05. The molecule has 0 saturated heterocycles. The zero-order valence-electron chi connectivity index (χ0n) is 12.4. The molecule has 0 aromatic heterocycles. The van der Waals surface area contributed by atoms with Crippen molar-refractivity contribution in [3.05, 3.63) is 53.6 Å². The number of para-hydroxylation sites is 1. The molecule has 0 aliphatic heterocycles. The van der Waals surface area contributed by atoms with Crippen molar-refractivity contribution in [3.8, 4) is 5.75 Å². The third-order valence-corrected chi connectivity index (χ3v) is 3.17. The van der Waals surface area contributed by atoms with E-state index in [1.807, 2.05) is 6.07 Å². The first-order valence-corrected chi connectivity index (χ1v) is 7.19. The molecule has 0 atom stereocenters. The quantitative estimate of drug-likeness (QED) is 0.786.